The highest BCUT2D eigenvalue weighted by molar-refractivity contribution is 7.91. The zero-order valence-electron chi connectivity index (χ0n) is 12.6. The highest BCUT2D eigenvalue weighted by atomic mass is 32.2. The third kappa shape index (κ3) is 3.82. The Balaban J connectivity index is 3.03. The Morgan fingerprint density at radius 3 is 2.10 bits per heavy atom. The number of sulfone groups is 1. The fraction of sp³-hybridized carbons (Fsp3) is 0.533. The fourth-order valence-electron chi connectivity index (χ4n) is 1.95. The van der Waals surface area contributed by atoms with Gasteiger partial charge in [-0.1, -0.05) is 26.0 Å². The lowest BCUT2D eigenvalue weighted by Crippen LogP contribution is -2.33. The Morgan fingerprint density at radius 2 is 1.70 bits per heavy atom. The van der Waals surface area contributed by atoms with Crippen molar-refractivity contribution in [1.29, 1.82) is 0 Å². The van der Waals surface area contributed by atoms with Crippen LogP contribution >= 0.6 is 0 Å². The van der Waals surface area contributed by atoms with Gasteiger partial charge in [-0.2, -0.15) is 0 Å². The lowest BCUT2D eigenvalue weighted by Gasteiger charge is -2.21. The molecule has 0 aliphatic carbocycles. The van der Waals surface area contributed by atoms with E-state index in [1.54, 1.807) is 26.0 Å². The molecule has 1 rings (SSSR count). The maximum Gasteiger partial charge on any atom is 0.312 e. The quantitative estimate of drug-likeness (QED) is 0.784. The molecule has 0 N–H and O–H groups in total. The van der Waals surface area contributed by atoms with E-state index < -0.39 is 21.2 Å². The maximum absolute atomic E-state index is 12.3. The van der Waals surface area contributed by atoms with E-state index in [0.29, 0.717) is 5.92 Å². The van der Waals surface area contributed by atoms with Crippen LogP contribution in [-0.4, -0.2) is 27.2 Å². The van der Waals surface area contributed by atoms with Crippen LogP contribution in [0.25, 0.3) is 0 Å². The lowest BCUT2D eigenvalue weighted by molar-refractivity contribution is -0.149. The standard InChI is InChI=1S/C15H22O4S/c1-11(2)12-6-8-13(9-7-12)20(17,18)10-15(3,4)14(16)19-5/h6-9,11H,10H2,1-5H3. The van der Waals surface area contributed by atoms with Crippen molar-refractivity contribution in [2.45, 2.75) is 38.5 Å². The molecule has 112 valence electrons. The minimum atomic E-state index is -3.52. The summed E-state index contributed by atoms with van der Waals surface area (Å²) in [5.41, 5.74) is 0.0146. The van der Waals surface area contributed by atoms with Crippen LogP contribution in [0.3, 0.4) is 0 Å². The number of benzene rings is 1. The third-order valence-corrected chi connectivity index (χ3v) is 5.29. The van der Waals surface area contributed by atoms with Crippen LogP contribution in [0.2, 0.25) is 0 Å². The number of ether oxygens (including phenoxy) is 1. The number of carbonyl (C=O) groups excluding carboxylic acids is 1. The van der Waals surface area contributed by atoms with Gasteiger partial charge in [-0.3, -0.25) is 4.79 Å². The topological polar surface area (TPSA) is 60.4 Å². The molecule has 1 aromatic rings. The summed E-state index contributed by atoms with van der Waals surface area (Å²) in [5, 5.41) is 0. The fourth-order valence-corrected chi connectivity index (χ4v) is 3.74. The van der Waals surface area contributed by atoms with Crippen LogP contribution in [0.5, 0.6) is 0 Å². The van der Waals surface area contributed by atoms with Crippen molar-refractivity contribution in [3.05, 3.63) is 29.8 Å². The van der Waals surface area contributed by atoms with Gasteiger partial charge in [-0.25, -0.2) is 8.42 Å². The molecular formula is C15H22O4S. The highest BCUT2D eigenvalue weighted by Crippen LogP contribution is 2.25. The molecule has 0 saturated carbocycles. The summed E-state index contributed by atoms with van der Waals surface area (Å²) in [6, 6.07) is 6.81. The number of hydrogen-bond acceptors (Lipinski definition) is 4. The molecule has 0 unspecified atom stereocenters. The Labute approximate surface area is 121 Å². The Bertz CT molecular complexity index is 568. The first-order chi connectivity index (χ1) is 9.10. The Kier molecular flexibility index (Phi) is 4.97. The van der Waals surface area contributed by atoms with Gasteiger partial charge in [-0.05, 0) is 37.5 Å². The molecule has 0 atom stereocenters. The smallest absolute Gasteiger partial charge is 0.312 e. The molecular weight excluding hydrogens is 276 g/mol. The molecule has 0 fully saturated rings. The normalized spacial score (nSPS) is 12.5. The maximum atomic E-state index is 12.3. The molecule has 0 amide bonds. The third-order valence-electron chi connectivity index (χ3n) is 3.19. The predicted octanol–water partition coefficient (Wildman–Crippen LogP) is 2.78. The van der Waals surface area contributed by atoms with E-state index in [1.807, 2.05) is 26.0 Å². The predicted molar refractivity (Wildman–Crippen MR) is 78.4 cm³/mol. The minimum Gasteiger partial charge on any atom is -0.469 e. The van der Waals surface area contributed by atoms with Crippen molar-refractivity contribution in [3.8, 4) is 0 Å². The lowest BCUT2D eigenvalue weighted by atomic mass is 9.97. The van der Waals surface area contributed by atoms with Crippen molar-refractivity contribution in [1.82, 2.24) is 0 Å². The summed E-state index contributed by atoms with van der Waals surface area (Å²) in [6.45, 7) is 7.23. The first-order valence-electron chi connectivity index (χ1n) is 6.51. The van der Waals surface area contributed by atoms with Gasteiger partial charge in [-0.15, -0.1) is 0 Å². The summed E-state index contributed by atoms with van der Waals surface area (Å²) in [6.07, 6.45) is 0. The van der Waals surface area contributed by atoms with E-state index in [1.165, 1.54) is 7.11 Å². The second-order valence-corrected chi connectivity index (χ2v) is 7.85. The van der Waals surface area contributed by atoms with Gasteiger partial charge in [0.1, 0.15) is 0 Å². The van der Waals surface area contributed by atoms with E-state index in [9.17, 15) is 13.2 Å². The van der Waals surface area contributed by atoms with E-state index in [4.69, 9.17) is 0 Å². The molecule has 20 heavy (non-hydrogen) atoms. The molecule has 4 nitrogen and oxygen atoms in total. The number of rotatable bonds is 5. The van der Waals surface area contributed by atoms with Crippen molar-refractivity contribution in [2.24, 2.45) is 5.41 Å². The summed E-state index contributed by atoms with van der Waals surface area (Å²) < 4.78 is 29.3. The van der Waals surface area contributed by atoms with E-state index in [-0.39, 0.29) is 10.6 Å². The number of carbonyl (C=O) groups is 1. The second-order valence-electron chi connectivity index (χ2n) is 5.86. The molecule has 0 saturated heterocycles. The van der Waals surface area contributed by atoms with E-state index >= 15 is 0 Å². The first-order valence-corrected chi connectivity index (χ1v) is 8.16. The zero-order chi connectivity index (χ0) is 15.6. The van der Waals surface area contributed by atoms with Crippen LogP contribution in [0.1, 0.15) is 39.2 Å². The zero-order valence-corrected chi connectivity index (χ0v) is 13.5. The molecule has 0 aliphatic heterocycles. The molecule has 0 radical (unpaired) electrons. The molecule has 0 heterocycles. The first kappa shape index (κ1) is 16.7. The van der Waals surface area contributed by atoms with Gasteiger partial charge in [0.05, 0.1) is 23.2 Å². The SMILES string of the molecule is COC(=O)C(C)(C)CS(=O)(=O)c1ccc(C(C)C)cc1. The molecule has 5 heteroatoms. The largest absolute Gasteiger partial charge is 0.469 e. The van der Waals surface area contributed by atoms with Gasteiger partial charge < -0.3 is 4.74 Å². The van der Waals surface area contributed by atoms with Gasteiger partial charge in [0.25, 0.3) is 0 Å². The van der Waals surface area contributed by atoms with Crippen LogP contribution in [-0.2, 0) is 19.4 Å². The van der Waals surface area contributed by atoms with Gasteiger partial charge in [0.15, 0.2) is 9.84 Å². The summed E-state index contributed by atoms with van der Waals surface area (Å²) in [5.74, 6) is -0.452. The van der Waals surface area contributed by atoms with Crippen LogP contribution in [0, 0.1) is 5.41 Å². The minimum absolute atomic E-state index is 0.235. The van der Waals surface area contributed by atoms with Crippen LogP contribution in [0.4, 0.5) is 0 Å². The number of hydrogen-bond donors (Lipinski definition) is 0. The molecule has 0 aliphatic rings. The Morgan fingerprint density at radius 1 is 1.20 bits per heavy atom. The van der Waals surface area contributed by atoms with Crippen LogP contribution < -0.4 is 0 Å². The van der Waals surface area contributed by atoms with Gasteiger partial charge in [0, 0.05) is 0 Å². The molecule has 1 aromatic carbocycles. The van der Waals surface area contributed by atoms with Gasteiger partial charge >= 0.3 is 5.97 Å². The van der Waals surface area contributed by atoms with Crippen molar-refractivity contribution in [2.75, 3.05) is 12.9 Å². The second kappa shape index (κ2) is 5.95. The molecule has 0 spiro atoms. The van der Waals surface area contributed by atoms with Crippen molar-refractivity contribution in [3.63, 3.8) is 0 Å². The van der Waals surface area contributed by atoms with Crippen molar-refractivity contribution >= 4 is 15.8 Å². The van der Waals surface area contributed by atoms with Crippen LogP contribution in [0.15, 0.2) is 29.2 Å². The number of methoxy groups -OCH3 is 1. The molecule has 0 bridgehead atoms. The molecule has 0 aromatic heterocycles. The monoisotopic (exact) mass is 298 g/mol. The van der Waals surface area contributed by atoms with Crippen molar-refractivity contribution < 1.29 is 17.9 Å². The summed E-state index contributed by atoms with van der Waals surface area (Å²) >= 11 is 0. The Hall–Kier alpha value is -1.36. The highest BCUT2D eigenvalue weighted by Gasteiger charge is 2.35. The van der Waals surface area contributed by atoms with Gasteiger partial charge in [0.2, 0.25) is 0 Å². The summed E-state index contributed by atoms with van der Waals surface area (Å²) in [7, 11) is -2.26. The summed E-state index contributed by atoms with van der Waals surface area (Å²) in [4.78, 5) is 11.8. The number of esters is 1. The van der Waals surface area contributed by atoms with E-state index in [0.717, 1.165) is 5.56 Å². The average molecular weight is 298 g/mol. The average Bonchev–Trinajstić information content (AvgIpc) is 2.36. The van der Waals surface area contributed by atoms with E-state index in [2.05, 4.69) is 4.74 Å².